The SMILES string of the molecule is Cc1nn(-c2ccc(F)cc2)c(Cl)c1C(=O)NCC(c1ccccc1)N(C)C. The van der Waals surface area contributed by atoms with E-state index < -0.39 is 0 Å². The highest BCUT2D eigenvalue weighted by molar-refractivity contribution is 6.33. The Kier molecular flexibility index (Phi) is 6.11. The number of nitrogens with zero attached hydrogens (tertiary/aromatic N) is 3. The number of halogens is 2. The maximum absolute atomic E-state index is 13.2. The number of benzene rings is 2. The van der Waals surface area contributed by atoms with Crippen LogP contribution in [0.15, 0.2) is 54.6 Å². The molecule has 1 heterocycles. The number of aryl methyl sites for hydroxylation is 1. The Morgan fingerprint density at radius 2 is 1.82 bits per heavy atom. The molecule has 0 spiro atoms. The number of rotatable bonds is 6. The Hall–Kier alpha value is -2.70. The van der Waals surface area contributed by atoms with Gasteiger partial charge in [-0.25, -0.2) is 9.07 Å². The number of hydrogen-bond donors (Lipinski definition) is 1. The van der Waals surface area contributed by atoms with E-state index >= 15 is 0 Å². The summed E-state index contributed by atoms with van der Waals surface area (Å²) in [7, 11) is 3.93. The van der Waals surface area contributed by atoms with Crippen molar-refractivity contribution in [2.75, 3.05) is 20.6 Å². The van der Waals surface area contributed by atoms with Gasteiger partial charge in [0, 0.05) is 6.54 Å². The average Bonchev–Trinajstić information content (AvgIpc) is 2.97. The van der Waals surface area contributed by atoms with Crippen LogP contribution in [-0.2, 0) is 0 Å². The highest BCUT2D eigenvalue weighted by atomic mass is 35.5. The van der Waals surface area contributed by atoms with Crippen LogP contribution in [0.5, 0.6) is 0 Å². The molecule has 1 N–H and O–H groups in total. The van der Waals surface area contributed by atoms with Crippen molar-refractivity contribution in [3.8, 4) is 5.69 Å². The van der Waals surface area contributed by atoms with Gasteiger partial charge in [-0.1, -0.05) is 41.9 Å². The van der Waals surface area contributed by atoms with Crippen molar-refractivity contribution in [3.63, 3.8) is 0 Å². The van der Waals surface area contributed by atoms with E-state index in [0.717, 1.165) is 5.56 Å². The molecular weight excluding hydrogens is 379 g/mol. The van der Waals surface area contributed by atoms with Crippen molar-refractivity contribution < 1.29 is 9.18 Å². The third kappa shape index (κ3) is 4.24. The summed E-state index contributed by atoms with van der Waals surface area (Å²) >= 11 is 6.43. The number of amides is 1. The molecule has 0 saturated heterocycles. The minimum atomic E-state index is -0.350. The first-order valence-corrected chi connectivity index (χ1v) is 9.27. The summed E-state index contributed by atoms with van der Waals surface area (Å²) in [5.74, 6) is -0.643. The molecule has 7 heteroatoms. The first kappa shape index (κ1) is 20.0. The van der Waals surface area contributed by atoms with Crippen LogP contribution in [0.25, 0.3) is 5.69 Å². The fourth-order valence-corrected chi connectivity index (χ4v) is 3.42. The number of nitrogens with one attached hydrogen (secondary N) is 1. The molecule has 28 heavy (non-hydrogen) atoms. The average molecular weight is 401 g/mol. The molecule has 0 aliphatic carbocycles. The van der Waals surface area contributed by atoms with E-state index in [-0.39, 0.29) is 22.9 Å². The van der Waals surface area contributed by atoms with Crippen LogP contribution in [-0.4, -0.2) is 41.2 Å². The number of carbonyl (C=O) groups excluding carboxylic acids is 1. The van der Waals surface area contributed by atoms with E-state index in [0.29, 0.717) is 23.5 Å². The van der Waals surface area contributed by atoms with Crippen molar-refractivity contribution in [2.45, 2.75) is 13.0 Å². The van der Waals surface area contributed by atoms with E-state index in [1.54, 1.807) is 19.1 Å². The summed E-state index contributed by atoms with van der Waals surface area (Å²) in [6.45, 7) is 2.15. The summed E-state index contributed by atoms with van der Waals surface area (Å²) in [5.41, 5.74) is 2.52. The lowest BCUT2D eigenvalue weighted by atomic mass is 10.1. The number of carbonyl (C=O) groups is 1. The second-order valence-electron chi connectivity index (χ2n) is 6.74. The molecule has 1 amide bonds. The van der Waals surface area contributed by atoms with E-state index in [2.05, 4.69) is 10.4 Å². The lowest BCUT2D eigenvalue weighted by molar-refractivity contribution is 0.0941. The Morgan fingerprint density at radius 3 is 2.43 bits per heavy atom. The maximum Gasteiger partial charge on any atom is 0.256 e. The maximum atomic E-state index is 13.2. The van der Waals surface area contributed by atoms with Crippen LogP contribution in [0.4, 0.5) is 4.39 Å². The standard InChI is InChI=1S/C21H22ClFN4O/c1-14-19(20(22)27(25-14)17-11-9-16(23)10-12-17)21(28)24-13-18(26(2)3)15-7-5-4-6-8-15/h4-12,18H,13H2,1-3H3,(H,24,28). The predicted octanol–water partition coefficient (Wildman–Crippen LogP) is 4.01. The van der Waals surface area contributed by atoms with Gasteiger partial charge in [0.05, 0.1) is 23.0 Å². The normalized spacial score (nSPS) is 12.2. The van der Waals surface area contributed by atoms with Gasteiger partial charge < -0.3 is 10.2 Å². The first-order chi connectivity index (χ1) is 13.4. The Balaban J connectivity index is 1.80. The molecule has 1 atom stereocenters. The van der Waals surface area contributed by atoms with Gasteiger partial charge in [-0.2, -0.15) is 5.10 Å². The number of aromatic nitrogens is 2. The van der Waals surface area contributed by atoms with Gasteiger partial charge in [-0.05, 0) is 50.8 Å². The predicted molar refractivity (Wildman–Crippen MR) is 108 cm³/mol. The summed E-state index contributed by atoms with van der Waals surface area (Å²) in [4.78, 5) is 14.9. The largest absolute Gasteiger partial charge is 0.350 e. The van der Waals surface area contributed by atoms with Crippen molar-refractivity contribution >= 4 is 17.5 Å². The molecule has 0 saturated carbocycles. The summed E-state index contributed by atoms with van der Waals surface area (Å²) in [6, 6.07) is 15.8. The molecule has 5 nitrogen and oxygen atoms in total. The van der Waals surface area contributed by atoms with Crippen molar-refractivity contribution in [1.29, 1.82) is 0 Å². The minimum absolute atomic E-state index is 0.0244. The fourth-order valence-electron chi connectivity index (χ4n) is 3.06. The quantitative estimate of drug-likeness (QED) is 0.680. The zero-order valence-electron chi connectivity index (χ0n) is 16.0. The zero-order valence-corrected chi connectivity index (χ0v) is 16.7. The van der Waals surface area contributed by atoms with Crippen LogP contribution >= 0.6 is 11.6 Å². The zero-order chi connectivity index (χ0) is 20.3. The second kappa shape index (κ2) is 8.54. The second-order valence-corrected chi connectivity index (χ2v) is 7.10. The van der Waals surface area contributed by atoms with Crippen molar-refractivity contribution in [1.82, 2.24) is 20.0 Å². The summed E-state index contributed by atoms with van der Waals surface area (Å²) < 4.78 is 14.6. The van der Waals surface area contributed by atoms with Crippen LogP contribution in [0.3, 0.4) is 0 Å². The van der Waals surface area contributed by atoms with Gasteiger partial charge in [0.2, 0.25) is 0 Å². The summed E-state index contributed by atoms with van der Waals surface area (Å²) in [5, 5.41) is 7.50. The monoisotopic (exact) mass is 400 g/mol. The van der Waals surface area contributed by atoms with Crippen LogP contribution in [0.1, 0.15) is 27.7 Å². The highest BCUT2D eigenvalue weighted by Crippen LogP contribution is 2.24. The number of hydrogen-bond acceptors (Lipinski definition) is 3. The van der Waals surface area contributed by atoms with Crippen molar-refractivity contribution in [3.05, 3.63) is 82.4 Å². The van der Waals surface area contributed by atoms with Gasteiger partial charge in [0.25, 0.3) is 5.91 Å². The number of likely N-dealkylation sites (N-methyl/N-ethyl adjacent to an activating group) is 1. The van der Waals surface area contributed by atoms with Crippen molar-refractivity contribution in [2.24, 2.45) is 0 Å². The molecule has 0 aliphatic heterocycles. The third-order valence-electron chi connectivity index (χ3n) is 4.57. The van der Waals surface area contributed by atoms with Gasteiger partial charge in [0.1, 0.15) is 11.0 Å². The lowest BCUT2D eigenvalue weighted by Gasteiger charge is -2.25. The molecule has 1 aromatic heterocycles. The van der Waals surface area contributed by atoms with Gasteiger partial charge in [-0.15, -0.1) is 0 Å². The van der Waals surface area contributed by atoms with E-state index in [4.69, 9.17) is 11.6 Å². The molecule has 2 aromatic carbocycles. The molecule has 3 rings (SSSR count). The topological polar surface area (TPSA) is 50.2 Å². The van der Waals surface area contributed by atoms with E-state index in [1.165, 1.54) is 16.8 Å². The molecular formula is C21H22ClFN4O. The smallest absolute Gasteiger partial charge is 0.256 e. The fraction of sp³-hybridized carbons (Fsp3) is 0.238. The molecule has 0 fully saturated rings. The molecule has 0 aliphatic rings. The van der Waals surface area contributed by atoms with Crippen LogP contribution in [0.2, 0.25) is 5.15 Å². The lowest BCUT2D eigenvalue weighted by Crippen LogP contribution is -2.34. The Bertz CT molecular complexity index is 955. The molecule has 0 radical (unpaired) electrons. The molecule has 3 aromatic rings. The molecule has 1 unspecified atom stereocenters. The van der Waals surface area contributed by atoms with Crippen LogP contribution < -0.4 is 5.32 Å². The Morgan fingerprint density at radius 1 is 1.18 bits per heavy atom. The molecule has 0 bridgehead atoms. The molecule has 146 valence electrons. The minimum Gasteiger partial charge on any atom is -0.350 e. The first-order valence-electron chi connectivity index (χ1n) is 8.89. The highest BCUT2D eigenvalue weighted by Gasteiger charge is 2.23. The Labute approximate surface area is 168 Å². The van der Waals surface area contributed by atoms with E-state index in [9.17, 15) is 9.18 Å². The van der Waals surface area contributed by atoms with Gasteiger partial charge in [0.15, 0.2) is 0 Å². The van der Waals surface area contributed by atoms with Gasteiger partial charge >= 0.3 is 0 Å². The summed E-state index contributed by atoms with van der Waals surface area (Å²) in [6.07, 6.45) is 0. The third-order valence-corrected chi connectivity index (χ3v) is 4.92. The van der Waals surface area contributed by atoms with Gasteiger partial charge in [-0.3, -0.25) is 4.79 Å². The van der Waals surface area contributed by atoms with Crippen LogP contribution in [0, 0.1) is 12.7 Å². The van der Waals surface area contributed by atoms with E-state index in [1.807, 2.05) is 49.3 Å².